The fourth-order valence-corrected chi connectivity index (χ4v) is 3.26. The van der Waals surface area contributed by atoms with E-state index < -0.39 is 6.10 Å². The highest BCUT2D eigenvalue weighted by Gasteiger charge is 2.26. The minimum Gasteiger partial charge on any atom is -0.388 e. The van der Waals surface area contributed by atoms with Crippen molar-refractivity contribution in [2.45, 2.75) is 19.4 Å². The molecule has 0 saturated heterocycles. The van der Waals surface area contributed by atoms with Gasteiger partial charge < -0.3 is 14.7 Å². The first kappa shape index (κ1) is 15.0. The Bertz CT molecular complexity index is 524. The van der Waals surface area contributed by atoms with E-state index >= 15 is 0 Å². The minimum atomic E-state index is -0.683. The maximum atomic E-state index is 11.1. The molecule has 1 aromatic heterocycles. The Morgan fingerprint density at radius 3 is 2.90 bits per heavy atom. The van der Waals surface area contributed by atoms with Crippen molar-refractivity contribution in [3.8, 4) is 0 Å². The van der Waals surface area contributed by atoms with E-state index in [1.165, 1.54) is 23.0 Å². The van der Waals surface area contributed by atoms with E-state index in [-0.39, 0.29) is 10.6 Å². The predicted octanol–water partition coefficient (Wildman–Crippen LogP) is 2.49. The number of nitrogens with zero attached hydrogens (tertiary/aromatic N) is 2. The van der Waals surface area contributed by atoms with Gasteiger partial charge in [-0.25, -0.2) is 0 Å². The summed E-state index contributed by atoms with van der Waals surface area (Å²) in [5.41, 5.74) is 1.30. The quantitative estimate of drug-likeness (QED) is 0.513. The molecule has 1 unspecified atom stereocenters. The predicted molar refractivity (Wildman–Crippen MR) is 78.4 cm³/mol. The number of aliphatic hydroxyl groups is 1. The van der Waals surface area contributed by atoms with Crippen LogP contribution in [0.25, 0.3) is 0 Å². The molecule has 1 aliphatic rings. The lowest BCUT2D eigenvalue weighted by atomic mass is 10.1. The monoisotopic (exact) mass is 298 g/mol. The van der Waals surface area contributed by atoms with Crippen LogP contribution in [0, 0.1) is 10.1 Å². The number of hydrogen-bond donors (Lipinski definition) is 1. The topological polar surface area (TPSA) is 75.8 Å². The first-order chi connectivity index (χ1) is 9.52. The van der Waals surface area contributed by atoms with Gasteiger partial charge in [0.15, 0.2) is 5.00 Å². The average molecular weight is 298 g/mol. The Labute approximate surface area is 121 Å². The van der Waals surface area contributed by atoms with Crippen LogP contribution in [-0.4, -0.2) is 36.8 Å². The second-order valence-corrected chi connectivity index (χ2v) is 5.83. The van der Waals surface area contributed by atoms with Crippen LogP contribution >= 0.6 is 11.3 Å². The molecule has 110 valence electrons. The van der Waals surface area contributed by atoms with Crippen LogP contribution in [0.1, 0.15) is 24.3 Å². The van der Waals surface area contributed by atoms with Gasteiger partial charge in [0.2, 0.25) is 0 Å². The summed E-state index contributed by atoms with van der Waals surface area (Å²) in [6, 6.07) is 1.47. The minimum absolute atomic E-state index is 0.0782. The van der Waals surface area contributed by atoms with Crippen molar-refractivity contribution >= 4 is 22.0 Å². The summed E-state index contributed by atoms with van der Waals surface area (Å²) < 4.78 is 5.09. The van der Waals surface area contributed by atoms with Gasteiger partial charge in [0.25, 0.3) is 0 Å². The van der Waals surface area contributed by atoms with Crippen molar-refractivity contribution in [2.24, 2.45) is 0 Å². The third kappa shape index (κ3) is 3.17. The molecule has 1 aliphatic heterocycles. The summed E-state index contributed by atoms with van der Waals surface area (Å²) in [6.07, 6.45) is 2.21. The third-order valence-electron chi connectivity index (χ3n) is 3.24. The lowest BCUT2D eigenvalue weighted by Gasteiger charge is -2.26. The molecule has 1 aromatic rings. The first-order valence-corrected chi connectivity index (χ1v) is 7.22. The number of hydrogen-bond acceptors (Lipinski definition) is 6. The zero-order valence-corrected chi connectivity index (χ0v) is 12.4. The fourth-order valence-electron chi connectivity index (χ4n) is 2.17. The fraction of sp³-hybridized carbons (Fsp3) is 0.538. The second kappa shape index (κ2) is 6.34. The van der Waals surface area contributed by atoms with Gasteiger partial charge in [-0.15, -0.1) is 11.3 Å². The Kier molecular flexibility index (Phi) is 4.74. The first-order valence-electron chi connectivity index (χ1n) is 6.41. The van der Waals surface area contributed by atoms with Crippen molar-refractivity contribution in [3.63, 3.8) is 0 Å². The van der Waals surface area contributed by atoms with E-state index in [1.54, 1.807) is 14.0 Å². The van der Waals surface area contributed by atoms with E-state index in [2.05, 4.69) is 6.08 Å². The normalized spacial score (nSPS) is 16.9. The number of methoxy groups -OCH3 is 1. The molecule has 1 atom stereocenters. The van der Waals surface area contributed by atoms with Crippen molar-refractivity contribution in [3.05, 3.63) is 32.7 Å². The number of thiophene rings is 1. The molecule has 2 rings (SSSR count). The van der Waals surface area contributed by atoms with Gasteiger partial charge in [0.1, 0.15) is 0 Å². The molecular weight excluding hydrogens is 280 g/mol. The average Bonchev–Trinajstić information content (AvgIpc) is 2.85. The number of ether oxygens (including phenoxy) is 1. The second-order valence-electron chi connectivity index (χ2n) is 4.76. The van der Waals surface area contributed by atoms with Crippen LogP contribution in [0.4, 0.5) is 10.7 Å². The summed E-state index contributed by atoms with van der Waals surface area (Å²) in [7, 11) is 1.66. The van der Waals surface area contributed by atoms with Crippen molar-refractivity contribution < 1.29 is 14.8 Å². The zero-order chi connectivity index (χ0) is 14.7. The van der Waals surface area contributed by atoms with Crippen molar-refractivity contribution in [1.82, 2.24) is 0 Å². The van der Waals surface area contributed by atoms with Crippen LogP contribution in [0.15, 0.2) is 17.7 Å². The molecule has 0 radical (unpaired) electrons. The van der Waals surface area contributed by atoms with Gasteiger partial charge in [-0.3, -0.25) is 10.1 Å². The molecule has 0 saturated carbocycles. The van der Waals surface area contributed by atoms with Gasteiger partial charge >= 0.3 is 5.69 Å². The van der Waals surface area contributed by atoms with E-state index in [1.807, 2.05) is 4.90 Å². The van der Waals surface area contributed by atoms with Gasteiger partial charge in [0.05, 0.1) is 17.6 Å². The van der Waals surface area contributed by atoms with Crippen LogP contribution < -0.4 is 4.90 Å². The van der Waals surface area contributed by atoms with Crippen LogP contribution in [0.3, 0.4) is 0 Å². The third-order valence-corrected chi connectivity index (χ3v) is 4.60. The van der Waals surface area contributed by atoms with Crippen LogP contribution in [-0.2, 0) is 4.74 Å². The largest absolute Gasteiger partial charge is 0.388 e. The zero-order valence-electron chi connectivity index (χ0n) is 11.5. The van der Waals surface area contributed by atoms with E-state index in [9.17, 15) is 15.2 Å². The van der Waals surface area contributed by atoms with Gasteiger partial charge in [-0.1, -0.05) is 6.08 Å². The highest BCUT2D eigenvalue weighted by molar-refractivity contribution is 7.16. The summed E-state index contributed by atoms with van der Waals surface area (Å²) in [5.74, 6) is 0. The molecule has 6 nitrogen and oxygen atoms in total. The Morgan fingerprint density at radius 2 is 2.40 bits per heavy atom. The Hall–Kier alpha value is -1.44. The maximum absolute atomic E-state index is 11.1. The smallest absolute Gasteiger partial charge is 0.304 e. The van der Waals surface area contributed by atoms with Gasteiger partial charge in [0, 0.05) is 31.1 Å². The highest BCUT2D eigenvalue weighted by atomic mass is 32.1. The van der Waals surface area contributed by atoms with Crippen molar-refractivity contribution in [2.75, 3.05) is 31.7 Å². The number of rotatable bonds is 5. The lowest BCUT2D eigenvalue weighted by molar-refractivity contribution is -0.383. The molecule has 20 heavy (non-hydrogen) atoms. The van der Waals surface area contributed by atoms with E-state index in [4.69, 9.17) is 4.74 Å². The van der Waals surface area contributed by atoms with Crippen LogP contribution in [0.2, 0.25) is 0 Å². The highest BCUT2D eigenvalue weighted by Crippen LogP contribution is 2.40. The standard InChI is InChI=1S/C13H18N2O4S/c1-9(16)12-7-11(15(17)18)13(20-12)14-5-3-10(4-6-14)8-19-2/h3,7,9,16H,4-6,8H2,1-2H3. The molecule has 0 fully saturated rings. The van der Waals surface area contributed by atoms with Gasteiger partial charge in [-0.05, 0) is 18.9 Å². The molecule has 0 aliphatic carbocycles. The summed E-state index contributed by atoms with van der Waals surface area (Å²) in [4.78, 5) is 13.4. The number of nitro groups is 1. The number of anilines is 1. The number of aliphatic hydroxyl groups excluding tert-OH is 1. The Morgan fingerprint density at radius 1 is 1.65 bits per heavy atom. The van der Waals surface area contributed by atoms with Crippen LogP contribution in [0.5, 0.6) is 0 Å². The Balaban J connectivity index is 2.22. The SMILES string of the molecule is COCC1=CCN(c2sc(C(C)O)cc2[N+](=O)[O-])CC1. The molecule has 0 aromatic carbocycles. The van der Waals surface area contributed by atoms with Crippen molar-refractivity contribution in [1.29, 1.82) is 0 Å². The summed E-state index contributed by atoms with van der Waals surface area (Å²) in [6.45, 7) is 3.60. The van der Waals surface area contributed by atoms with Gasteiger partial charge in [-0.2, -0.15) is 0 Å². The molecule has 7 heteroatoms. The maximum Gasteiger partial charge on any atom is 0.304 e. The van der Waals surface area contributed by atoms with E-state index in [0.29, 0.717) is 23.0 Å². The molecular formula is C13H18N2O4S. The van der Waals surface area contributed by atoms with E-state index in [0.717, 1.165) is 13.0 Å². The molecule has 0 amide bonds. The summed E-state index contributed by atoms with van der Waals surface area (Å²) >= 11 is 1.29. The lowest BCUT2D eigenvalue weighted by Crippen LogP contribution is -2.29. The molecule has 1 N–H and O–H groups in total. The molecule has 0 bridgehead atoms. The molecule has 0 spiro atoms. The molecule has 2 heterocycles. The summed E-state index contributed by atoms with van der Waals surface area (Å²) in [5, 5.41) is 21.4.